The summed E-state index contributed by atoms with van der Waals surface area (Å²) in [7, 11) is 0. The first kappa shape index (κ1) is 18.4. The van der Waals surface area contributed by atoms with E-state index in [0.717, 1.165) is 29.2 Å². The van der Waals surface area contributed by atoms with Crippen molar-refractivity contribution in [3.63, 3.8) is 0 Å². The van der Waals surface area contributed by atoms with Crippen LogP contribution >= 0.6 is 0 Å². The topological polar surface area (TPSA) is 85.6 Å². The molecule has 1 saturated heterocycles. The highest BCUT2D eigenvalue weighted by Gasteiger charge is 2.22. The van der Waals surface area contributed by atoms with E-state index in [1.807, 2.05) is 55.5 Å². The molecule has 0 aliphatic carbocycles. The highest BCUT2D eigenvalue weighted by molar-refractivity contribution is 5.92. The van der Waals surface area contributed by atoms with E-state index in [-0.39, 0.29) is 24.5 Å². The van der Waals surface area contributed by atoms with Gasteiger partial charge in [-0.15, -0.1) is 0 Å². The van der Waals surface area contributed by atoms with Crippen LogP contribution in [0.4, 0.5) is 5.69 Å². The van der Waals surface area contributed by atoms with E-state index in [4.69, 9.17) is 15.2 Å². The Morgan fingerprint density at radius 1 is 1.23 bits per heavy atom. The van der Waals surface area contributed by atoms with Crippen molar-refractivity contribution in [2.45, 2.75) is 25.4 Å². The summed E-state index contributed by atoms with van der Waals surface area (Å²) in [5.41, 5.74) is 7.84. The molecule has 0 bridgehead atoms. The predicted octanol–water partition coefficient (Wildman–Crippen LogP) is 2.43. The van der Waals surface area contributed by atoms with Gasteiger partial charge < -0.3 is 25.8 Å². The molecule has 1 aliphatic rings. The number of aryl methyl sites for hydroxylation is 1. The lowest BCUT2D eigenvalue weighted by Crippen LogP contribution is -2.52. The summed E-state index contributed by atoms with van der Waals surface area (Å²) in [6, 6.07) is 15.2. The first-order valence-corrected chi connectivity index (χ1v) is 8.81. The molecular formula is C20H25N3O3. The molecule has 2 aromatic rings. The lowest BCUT2D eigenvalue weighted by Gasteiger charge is -2.29. The fraction of sp³-hybridized carbons (Fsp3) is 0.350. The number of nitrogens with one attached hydrogen (secondary N) is 2. The van der Waals surface area contributed by atoms with Crippen LogP contribution in [0.3, 0.4) is 0 Å². The van der Waals surface area contributed by atoms with E-state index in [9.17, 15) is 4.79 Å². The van der Waals surface area contributed by atoms with Crippen LogP contribution in [0.1, 0.15) is 12.0 Å². The number of nitrogens with two attached hydrogens (primary N) is 1. The number of carbonyl (C=O) groups excluding carboxylic acids is 1. The van der Waals surface area contributed by atoms with Crippen LogP contribution in [-0.2, 0) is 9.53 Å². The Morgan fingerprint density at radius 2 is 2.04 bits per heavy atom. The third kappa shape index (κ3) is 5.29. The van der Waals surface area contributed by atoms with Gasteiger partial charge in [-0.05, 0) is 55.3 Å². The molecule has 0 saturated carbocycles. The molecule has 2 aromatic carbocycles. The molecule has 0 spiro atoms. The first-order chi connectivity index (χ1) is 12.6. The van der Waals surface area contributed by atoms with Gasteiger partial charge in [0.2, 0.25) is 5.91 Å². The zero-order chi connectivity index (χ0) is 18.4. The average Bonchev–Trinajstić information content (AvgIpc) is 2.63. The number of anilines is 1. The van der Waals surface area contributed by atoms with E-state index >= 15 is 0 Å². The maximum Gasteiger partial charge on any atom is 0.238 e. The number of rotatable bonds is 6. The summed E-state index contributed by atoms with van der Waals surface area (Å²) < 4.78 is 11.1. The van der Waals surface area contributed by atoms with Crippen molar-refractivity contribution in [1.82, 2.24) is 5.32 Å². The van der Waals surface area contributed by atoms with Crippen LogP contribution in [0.25, 0.3) is 0 Å². The summed E-state index contributed by atoms with van der Waals surface area (Å²) in [5.74, 6) is 1.41. The molecule has 1 heterocycles. The maximum absolute atomic E-state index is 12.1. The van der Waals surface area contributed by atoms with Gasteiger partial charge in [-0.2, -0.15) is 0 Å². The van der Waals surface area contributed by atoms with Gasteiger partial charge in [0.25, 0.3) is 0 Å². The van der Waals surface area contributed by atoms with Gasteiger partial charge in [-0.25, -0.2) is 0 Å². The van der Waals surface area contributed by atoms with Gasteiger partial charge in [-0.3, -0.25) is 4.79 Å². The van der Waals surface area contributed by atoms with E-state index < -0.39 is 0 Å². The molecule has 4 N–H and O–H groups in total. The second-order valence-corrected chi connectivity index (χ2v) is 6.51. The number of amides is 1. The first-order valence-electron chi connectivity index (χ1n) is 8.81. The third-order valence-electron chi connectivity index (χ3n) is 4.29. The van der Waals surface area contributed by atoms with Gasteiger partial charge in [-0.1, -0.05) is 12.1 Å². The zero-order valence-corrected chi connectivity index (χ0v) is 14.9. The molecule has 138 valence electrons. The summed E-state index contributed by atoms with van der Waals surface area (Å²) in [4.78, 5) is 12.1. The van der Waals surface area contributed by atoms with Crippen molar-refractivity contribution in [3.8, 4) is 11.5 Å². The summed E-state index contributed by atoms with van der Waals surface area (Å²) in [6.07, 6.45) is 0.819. The second kappa shape index (κ2) is 8.80. The summed E-state index contributed by atoms with van der Waals surface area (Å²) in [6.45, 7) is 3.45. The molecule has 3 rings (SSSR count). The quantitative estimate of drug-likeness (QED) is 0.741. The van der Waals surface area contributed by atoms with E-state index in [0.29, 0.717) is 13.2 Å². The molecule has 26 heavy (non-hydrogen) atoms. The van der Waals surface area contributed by atoms with Gasteiger partial charge >= 0.3 is 0 Å². The summed E-state index contributed by atoms with van der Waals surface area (Å²) >= 11 is 0. The van der Waals surface area contributed by atoms with Crippen molar-refractivity contribution in [2.24, 2.45) is 5.73 Å². The molecular weight excluding hydrogens is 330 g/mol. The van der Waals surface area contributed by atoms with Gasteiger partial charge in [0.05, 0.1) is 13.2 Å². The fourth-order valence-corrected chi connectivity index (χ4v) is 2.86. The van der Waals surface area contributed by atoms with Gasteiger partial charge in [0.1, 0.15) is 11.5 Å². The number of ether oxygens (including phenoxy) is 2. The smallest absolute Gasteiger partial charge is 0.238 e. The van der Waals surface area contributed by atoms with Crippen LogP contribution in [0.5, 0.6) is 11.5 Å². The van der Waals surface area contributed by atoms with Crippen LogP contribution in [0, 0.1) is 6.92 Å². The van der Waals surface area contributed by atoms with Crippen molar-refractivity contribution in [3.05, 3.63) is 54.1 Å². The van der Waals surface area contributed by atoms with Gasteiger partial charge in [0.15, 0.2) is 0 Å². The van der Waals surface area contributed by atoms with Crippen molar-refractivity contribution in [2.75, 3.05) is 25.1 Å². The standard InChI is InChI=1S/C20H25N3O3/c1-14-3-2-4-17(11-14)26-16-7-5-15(6-8-16)23-20(24)12-22-19-9-10-25-13-18(19)21/h2-8,11,18-19,22H,9-10,12-13,21H2,1H3,(H,23,24)/t18-,19+/m0/s1. The predicted molar refractivity (Wildman–Crippen MR) is 102 cm³/mol. The molecule has 1 aliphatic heterocycles. The Bertz CT molecular complexity index is 733. The largest absolute Gasteiger partial charge is 0.457 e. The second-order valence-electron chi connectivity index (χ2n) is 6.51. The zero-order valence-electron chi connectivity index (χ0n) is 14.9. The van der Waals surface area contributed by atoms with Crippen molar-refractivity contribution < 1.29 is 14.3 Å². The summed E-state index contributed by atoms with van der Waals surface area (Å²) in [5, 5.41) is 6.07. The molecule has 1 amide bonds. The van der Waals surface area contributed by atoms with Gasteiger partial charge in [0, 0.05) is 24.4 Å². The normalized spacial score (nSPS) is 19.8. The van der Waals surface area contributed by atoms with E-state index in [2.05, 4.69) is 10.6 Å². The minimum Gasteiger partial charge on any atom is -0.457 e. The number of carbonyl (C=O) groups is 1. The molecule has 2 atom stereocenters. The molecule has 1 fully saturated rings. The highest BCUT2D eigenvalue weighted by Crippen LogP contribution is 2.23. The van der Waals surface area contributed by atoms with E-state index in [1.54, 1.807) is 0 Å². The highest BCUT2D eigenvalue weighted by atomic mass is 16.5. The Morgan fingerprint density at radius 3 is 2.77 bits per heavy atom. The SMILES string of the molecule is Cc1cccc(Oc2ccc(NC(=O)CN[C@@H]3CCOC[C@@H]3N)cc2)c1. The fourth-order valence-electron chi connectivity index (χ4n) is 2.86. The third-order valence-corrected chi connectivity index (χ3v) is 4.29. The molecule has 0 unspecified atom stereocenters. The van der Waals surface area contributed by atoms with Crippen LogP contribution in [0.2, 0.25) is 0 Å². The monoisotopic (exact) mass is 355 g/mol. The van der Waals surface area contributed by atoms with Crippen LogP contribution < -0.4 is 21.1 Å². The number of hydrogen-bond donors (Lipinski definition) is 3. The van der Waals surface area contributed by atoms with Crippen LogP contribution in [0.15, 0.2) is 48.5 Å². The van der Waals surface area contributed by atoms with Crippen molar-refractivity contribution >= 4 is 11.6 Å². The minimum atomic E-state index is -0.101. The Kier molecular flexibility index (Phi) is 6.22. The Hall–Kier alpha value is -2.41. The lowest BCUT2D eigenvalue weighted by atomic mass is 10.0. The van der Waals surface area contributed by atoms with Crippen molar-refractivity contribution in [1.29, 1.82) is 0 Å². The molecule has 0 radical (unpaired) electrons. The molecule has 6 nitrogen and oxygen atoms in total. The average molecular weight is 355 g/mol. The Labute approximate surface area is 153 Å². The molecule has 0 aromatic heterocycles. The maximum atomic E-state index is 12.1. The van der Waals surface area contributed by atoms with Crippen LogP contribution in [-0.4, -0.2) is 37.7 Å². The number of hydrogen-bond acceptors (Lipinski definition) is 5. The number of benzene rings is 2. The Balaban J connectivity index is 1.48. The minimum absolute atomic E-state index is 0.0744. The lowest BCUT2D eigenvalue weighted by molar-refractivity contribution is -0.115. The van der Waals surface area contributed by atoms with E-state index in [1.165, 1.54) is 0 Å². The molecule has 6 heteroatoms.